The molecule has 0 aromatic heterocycles. The summed E-state index contributed by atoms with van der Waals surface area (Å²) in [5.74, 6) is -0.695. The standard InChI is InChI=1S/C14H26N2O2/c1-16(12-5-3-2-4-6-12)10-9-13(14(17)18)15-11-7-8-11/h11-13,15H,2-10H2,1H3,(H,17,18). The highest BCUT2D eigenvalue weighted by molar-refractivity contribution is 5.73. The van der Waals surface area contributed by atoms with E-state index >= 15 is 0 Å². The summed E-state index contributed by atoms with van der Waals surface area (Å²) in [6.07, 6.45) is 9.60. The van der Waals surface area contributed by atoms with Crippen LogP contribution >= 0.6 is 0 Å². The van der Waals surface area contributed by atoms with Gasteiger partial charge < -0.3 is 15.3 Å². The van der Waals surface area contributed by atoms with E-state index in [0.29, 0.717) is 12.1 Å². The number of aliphatic carboxylic acids is 1. The summed E-state index contributed by atoms with van der Waals surface area (Å²) < 4.78 is 0. The van der Waals surface area contributed by atoms with Gasteiger partial charge in [-0.15, -0.1) is 0 Å². The molecule has 1 unspecified atom stereocenters. The molecule has 2 aliphatic carbocycles. The summed E-state index contributed by atoms with van der Waals surface area (Å²) in [5.41, 5.74) is 0. The molecule has 2 N–H and O–H groups in total. The van der Waals surface area contributed by atoms with Gasteiger partial charge in [-0.25, -0.2) is 0 Å². The molecule has 0 aliphatic heterocycles. The Kier molecular flexibility index (Phi) is 5.01. The first-order valence-corrected chi connectivity index (χ1v) is 7.36. The topological polar surface area (TPSA) is 52.6 Å². The van der Waals surface area contributed by atoms with E-state index in [9.17, 15) is 9.90 Å². The molecule has 4 heteroatoms. The minimum absolute atomic E-state index is 0.358. The van der Waals surface area contributed by atoms with Crippen LogP contribution in [0.1, 0.15) is 51.4 Å². The van der Waals surface area contributed by atoms with Gasteiger partial charge in [0.2, 0.25) is 0 Å². The zero-order valence-electron chi connectivity index (χ0n) is 11.4. The molecule has 2 aliphatic rings. The Morgan fingerprint density at radius 3 is 2.50 bits per heavy atom. The van der Waals surface area contributed by atoms with Crippen LogP contribution in [0.25, 0.3) is 0 Å². The van der Waals surface area contributed by atoms with Crippen molar-refractivity contribution >= 4 is 5.97 Å². The fraction of sp³-hybridized carbons (Fsp3) is 0.929. The van der Waals surface area contributed by atoms with E-state index in [0.717, 1.165) is 25.8 Å². The van der Waals surface area contributed by atoms with Crippen LogP contribution < -0.4 is 5.32 Å². The van der Waals surface area contributed by atoms with Crippen molar-refractivity contribution in [1.82, 2.24) is 10.2 Å². The van der Waals surface area contributed by atoms with E-state index in [-0.39, 0.29) is 6.04 Å². The van der Waals surface area contributed by atoms with Crippen molar-refractivity contribution in [3.63, 3.8) is 0 Å². The highest BCUT2D eigenvalue weighted by atomic mass is 16.4. The second kappa shape index (κ2) is 6.53. The molecule has 2 saturated carbocycles. The number of nitrogens with zero attached hydrogens (tertiary/aromatic N) is 1. The van der Waals surface area contributed by atoms with E-state index in [1.165, 1.54) is 32.1 Å². The second-order valence-electron chi connectivity index (χ2n) is 5.89. The lowest BCUT2D eigenvalue weighted by molar-refractivity contribution is -0.139. The van der Waals surface area contributed by atoms with Crippen molar-refractivity contribution in [3.8, 4) is 0 Å². The number of carboxylic acids is 1. The maximum absolute atomic E-state index is 11.2. The van der Waals surface area contributed by atoms with E-state index in [2.05, 4.69) is 17.3 Å². The lowest BCUT2D eigenvalue weighted by atomic mass is 9.94. The molecule has 104 valence electrons. The fourth-order valence-corrected chi connectivity index (χ4v) is 2.85. The van der Waals surface area contributed by atoms with Gasteiger partial charge in [0.25, 0.3) is 0 Å². The molecular formula is C14H26N2O2. The predicted molar refractivity (Wildman–Crippen MR) is 71.7 cm³/mol. The Labute approximate surface area is 110 Å². The van der Waals surface area contributed by atoms with Crippen LogP contribution in [0.15, 0.2) is 0 Å². The van der Waals surface area contributed by atoms with Gasteiger partial charge in [0, 0.05) is 18.6 Å². The third-order valence-corrected chi connectivity index (χ3v) is 4.28. The molecular weight excluding hydrogens is 228 g/mol. The number of rotatable bonds is 7. The zero-order chi connectivity index (χ0) is 13.0. The van der Waals surface area contributed by atoms with Crippen molar-refractivity contribution in [2.45, 2.75) is 69.5 Å². The minimum atomic E-state index is -0.695. The molecule has 2 fully saturated rings. The normalized spacial score (nSPS) is 23.2. The SMILES string of the molecule is CN(CCC(NC1CC1)C(=O)O)C1CCCCC1. The van der Waals surface area contributed by atoms with Crippen LogP contribution in [0, 0.1) is 0 Å². The minimum Gasteiger partial charge on any atom is -0.480 e. The summed E-state index contributed by atoms with van der Waals surface area (Å²) in [5, 5.41) is 12.4. The van der Waals surface area contributed by atoms with E-state index < -0.39 is 5.97 Å². The summed E-state index contributed by atoms with van der Waals surface area (Å²) in [6, 6.07) is 0.781. The molecule has 0 aromatic carbocycles. The number of nitrogens with one attached hydrogen (secondary N) is 1. The number of carboxylic acid groups (broad SMARTS) is 1. The van der Waals surface area contributed by atoms with Gasteiger partial charge in [0.05, 0.1) is 0 Å². The maximum Gasteiger partial charge on any atom is 0.320 e. The van der Waals surface area contributed by atoms with Crippen molar-refractivity contribution in [3.05, 3.63) is 0 Å². The summed E-state index contributed by atoms with van der Waals surface area (Å²) in [7, 11) is 2.14. The first-order chi connectivity index (χ1) is 8.66. The van der Waals surface area contributed by atoms with Crippen LogP contribution in [0.5, 0.6) is 0 Å². The van der Waals surface area contributed by atoms with Crippen molar-refractivity contribution in [1.29, 1.82) is 0 Å². The molecule has 1 atom stereocenters. The predicted octanol–water partition coefficient (Wildman–Crippen LogP) is 1.85. The smallest absolute Gasteiger partial charge is 0.320 e. The van der Waals surface area contributed by atoms with Gasteiger partial charge in [-0.1, -0.05) is 19.3 Å². The number of carbonyl (C=O) groups is 1. The Morgan fingerprint density at radius 1 is 1.28 bits per heavy atom. The van der Waals surface area contributed by atoms with E-state index in [4.69, 9.17) is 0 Å². The number of hydrogen-bond donors (Lipinski definition) is 2. The second-order valence-corrected chi connectivity index (χ2v) is 5.89. The van der Waals surface area contributed by atoms with Gasteiger partial charge in [0.15, 0.2) is 0 Å². The molecule has 0 radical (unpaired) electrons. The highest BCUT2D eigenvalue weighted by Gasteiger charge is 2.28. The summed E-state index contributed by atoms with van der Waals surface area (Å²) in [6.45, 7) is 0.890. The molecule has 0 amide bonds. The first kappa shape index (κ1) is 13.8. The molecule has 0 spiro atoms. The third kappa shape index (κ3) is 4.25. The van der Waals surface area contributed by atoms with Gasteiger partial charge >= 0.3 is 5.97 Å². The molecule has 0 saturated heterocycles. The lowest BCUT2D eigenvalue weighted by Crippen LogP contribution is -2.42. The lowest BCUT2D eigenvalue weighted by Gasteiger charge is -2.31. The Morgan fingerprint density at radius 2 is 1.94 bits per heavy atom. The molecule has 2 rings (SSSR count). The van der Waals surface area contributed by atoms with Gasteiger partial charge in [0.1, 0.15) is 6.04 Å². The Bertz CT molecular complexity index is 273. The van der Waals surface area contributed by atoms with E-state index in [1.54, 1.807) is 0 Å². The van der Waals surface area contributed by atoms with E-state index in [1.807, 2.05) is 0 Å². The average Bonchev–Trinajstić information content (AvgIpc) is 3.18. The van der Waals surface area contributed by atoms with Crippen molar-refractivity contribution in [2.75, 3.05) is 13.6 Å². The molecule has 0 aromatic rings. The molecule has 4 nitrogen and oxygen atoms in total. The quantitative estimate of drug-likeness (QED) is 0.728. The third-order valence-electron chi connectivity index (χ3n) is 4.28. The van der Waals surface area contributed by atoms with Crippen LogP contribution in [0.2, 0.25) is 0 Å². The van der Waals surface area contributed by atoms with Gasteiger partial charge in [-0.2, -0.15) is 0 Å². The monoisotopic (exact) mass is 254 g/mol. The average molecular weight is 254 g/mol. The Hall–Kier alpha value is -0.610. The van der Waals surface area contributed by atoms with Crippen molar-refractivity contribution < 1.29 is 9.90 Å². The largest absolute Gasteiger partial charge is 0.480 e. The molecule has 0 bridgehead atoms. The highest BCUT2D eigenvalue weighted by Crippen LogP contribution is 2.23. The van der Waals surface area contributed by atoms with Crippen LogP contribution in [0.4, 0.5) is 0 Å². The van der Waals surface area contributed by atoms with Crippen molar-refractivity contribution in [2.24, 2.45) is 0 Å². The Balaban J connectivity index is 1.71. The summed E-state index contributed by atoms with van der Waals surface area (Å²) >= 11 is 0. The fourth-order valence-electron chi connectivity index (χ4n) is 2.85. The molecule has 0 heterocycles. The number of hydrogen-bond acceptors (Lipinski definition) is 3. The van der Waals surface area contributed by atoms with Crippen LogP contribution in [-0.2, 0) is 4.79 Å². The van der Waals surface area contributed by atoms with Gasteiger partial charge in [-0.05, 0) is 39.2 Å². The zero-order valence-corrected chi connectivity index (χ0v) is 11.4. The molecule has 18 heavy (non-hydrogen) atoms. The maximum atomic E-state index is 11.2. The van der Waals surface area contributed by atoms with Crippen LogP contribution in [-0.4, -0.2) is 47.7 Å². The van der Waals surface area contributed by atoms with Gasteiger partial charge in [-0.3, -0.25) is 4.79 Å². The van der Waals surface area contributed by atoms with Crippen LogP contribution in [0.3, 0.4) is 0 Å². The summed E-state index contributed by atoms with van der Waals surface area (Å²) in [4.78, 5) is 13.5. The first-order valence-electron chi connectivity index (χ1n) is 7.36.